The number of aryl methyl sites for hydroxylation is 2. The van der Waals surface area contributed by atoms with Crippen LogP contribution in [0, 0.1) is 12.8 Å². The first-order valence-electron chi connectivity index (χ1n) is 12.5. The van der Waals surface area contributed by atoms with E-state index in [2.05, 4.69) is 35.8 Å². The van der Waals surface area contributed by atoms with Crippen molar-refractivity contribution in [2.45, 2.75) is 65.0 Å². The number of carbonyl (C=O) groups is 2. The first-order valence-corrected chi connectivity index (χ1v) is 12.5. The Labute approximate surface area is 202 Å². The van der Waals surface area contributed by atoms with Gasteiger partial charge in [-0.1, -0.05) is 13.8 Å². The number of aromatic nitrogens is 3. The van der Waals surface area contributed by atoms with Crippen LogP contribution in [0.4, 0.5) is 4.79 Å². The lowest BCUT2D eigenvalue weighted by atomic mass is 9.85. The normalized spacial score (nSPS) is 18.6. The molecule has 2 fully saturated rings. The molecule has 4 heterocycles. The summed E-state index contributed by atoms with van der Waals surface area (Å²) in [6, 6.07) is 3.88. The summed E-state index contributed by atoms with van der Waals surface area (Å²) in [6.07, 6.45) is 9.38. The van der Waals surface area contributed by atoms with Gasteiger partial charge in [0.15, 0.2) is 0 Å². The Morgan fingerprint density at radius 3 is 2.41 bits per heavy atom. The van der Waals surface area contributed by atoms with Gasteiger partial charge in [-0.25, -0.2) is 4.79 Å². The minimum atomic E-state index is -0.691. The van der Waals surface area contributed by atoms with E-state index < -0.39 is 5.54 Å². The highest BCUT2D eigenvalue weighted by atomic mass is 16.2. The molecular weight excluding hydrogens is 428 g/mol. The summed E-state index contributed by atoms with van der Waals surface area (Å²) in [5, 5.41) is 4.36. The van der Waals surface area contributed by atoms with Gasteiger partial charge in [-0.15, -0.1) is 0 Å². The lowest BCUT2D eigenvalue weighted by Gasteiger charge is -2.42. The summed E-state index contributed by atoms with van der Waals surface area (Å²) in [7, 11) is 1.96. The number of likely N-dealkylation sites (tertiary alicyclic amines) is 1. The highest BCUT2D eigenvalue weighted by Crippen LogP contribution is 2.38. The molecule has 2 aromatic rings. The van der Waals surface area contributed by atoms with Crippen LogP contribution in [-0.4, -0.2) is 73.1 Å². The molecule has 0 N–H and O–H groups in total. The van der Waals surface area contributed by atoms with E-state index in [1.54, 1.807) is 12.4 Å². The highest BCUT2D eigenvalue weighted by molar-refractivity contribution is 6.07. The van der Waals surface area contributed by atoms with Crippen LogP contribution in [0.25, 0.3) is 0 Å². The predicted octanol–water partition coefficient (Wildman–Crippen LogP) is 3.40. The van der Waals surface area contributed by atoms with E-state index in [1.807, 2.05) is 35.0 Å². The van der Waals surface area contributed by atoms with Crippen LogP contribution in [0.5, 0.6) is 0 Å². The molecule has 2 aliphatic heterocycles. The largest absolute Gasteiger partial charge is 0.327 e. The Balaban J connectivity index is 1.44. The molecule has 0 radical (unpaired) electrons. The molecule has 4 rings (SSSR count). The zero-order chi connectivity index (χ0) is 24.3. The third-order valence-electron chi connectivity index (χ3n) is 7.56. The molecule has 8 heteroatoms. The Morgan fingerprint density at radius 1 is 1.09 bits per heavy atom. The van der Waals surface area contributed by atoms with Crippen molar-refractivity contribution in [2.75, 3.05) is 26.2 Å². The van der Waals surface area contributed by atoms with Gasteiger partial charge in [0.05, 0.1) is 6.20 Å². The van der Waals surface area contributed by atoms with E-state index in [0.29, 0.717) is 31.8 Å². The molecule has 34 heavy (non-hydrogen) atoms. The predicted molar refractivity (Wildman–Crippen MR) is 131 cm³/mol. The van der Waals surface area contributed by atoms with Crippen LogP contribution in [0.1, 0.15) is 56.4 Å². The molecule has 1 spiro atoms. The van der Waals surface area contributed by atoms with Gasteiger partial charge < -0.3 is 4.90 Å². The molecule has 3 amide bonds. The summed E-state index contributed by atoms with van der Waals surface area (Å²) < 4.78 is 1.90. The van der Waals surface area contributed by atoms with Crippen molar-refractivity contribution < 1.29 is 9.59 Å². The van der Waals surface area contributed by atoms with Crippen LogP contribution in [0.15, 0.2) is 30.7 Å². The maximum Gasteiger partial charge on any atom is 0.327 e. The van der Waals surface area contributed by atoms with Crippen LogP contribution in [0.3, 0.4) is 0 Å². The zero-order valence-corrected chi connectivity index (χ0v) is 21.0. The van der Waals surface area contributed by atoms with E-state index in [9.17, 15) is 9.59 Å². The van der Waals surface area contributed by atoms with Crippen LogP contribution in [0.2, 0.25) is 0 Å². The molecule has 0 atom stereocenters. The van der Waals surface area contributed by atoms with Gasteiger partial charge in [0.25, 0.3) is 5.91 Å². The highest BCUT2D eigenvalue weighted by Gasteiger charge is 2.57. The van der Waals surface area contributed by atoms with Gasteiger partial charge in [-0.3, -0.25) is 24.3 Å². The topological polar surface area (TPSA) is 74.6 Å². The second-order valence-electron chi connectivity index (χ2n) is 10.2. The fraction of sp³-hybridized carbons (Fsp3) is 0.615. The number of carbonyl (C=O) groups excluding carboxylic acids is 2. The molecule has 2 saturated heterocycles. The maximum atomic E-state index is 13.7. The summed E-state index contributed by atoms with van der Waals surface area (Å²) in [5.74, 6) is 0.488. The third kappa shape index (κ3) is 4.87. The second kappa shape index (κ2) is 10.3. The maximum absolute atomic E-state index is 13.7. The summed E-state index contributed by atoms with van der Waals surface area (Å²) in [5.41, 5.74) is 2.89. The van der Waals surface area contributed by atoms with E-state index in [0.717, 1.165) is 38.9 Å². The van der Waals surface area contributed by atoms with Gasteiger partial charge in [0, 0.05) is 63.4 Å². The number of amides is 3. The smallest absolute Gasteiger partial charge is 0.309 e. The molecule has 2 aromatic heterocycles. The first-order chi connectivity index (χ1) is 16.3. The average Bonchev–Trinajstić information content (AvgIpc) is 3.23. The zero-order valence-electron chi connectivity index (χ0n) is 21.0. The summed E-state index contributed by atoms with van der Waals surface area (Å²) >= 11 is 0. The minimum Gasteiger partial charge on any atom is -0.309 e. The van der Waals surface area contributed by atoms with Crippen molar-refractivity contribution in [2.24, 2.45) is 13.0 Å². The van der Waals surface area contributed by atoms with Crippen molar-refractivity contribution in [3.63, 3.8) is 0 Å². The average molecular weight is 467 g/mol. The molecular formula is C26H38N6O2. The molecule has 0 aromatic carbocycles. The van der Waals surface area contributed by atoms with Gasteiger partial charge in [-0.05, 0) is 62.6 Å². The molecule has 0 unspecified atom stereocenters. The number of hydrogen-bond acceptors (Lipinski definition) is 5. The van der Waals surface area contributed by atoms with Crippen LogP contribution in [-0.2, 0) is 24.8 Å². The van der Waals surface area contributed by atoms with E-state index in [-0.39, 0.29) is 11.9 Å². The number of piperidine rings is 1. The van der Waals surface area contributed by atoms with Crippen molar-refractivity contribution in [1.29, 1.82) is 0 Å². The number of imide groups is 1. The monoisotopic (exact) mass is 466 g/mol. The summed E-state index contributed by atoms with van der Waals surface area (Å²) in [6.45, 7) is 9.97. The Bertz CT molecular complexity index is 994. The van der Waals surface area contributed by atoms with E-state index in [1.165, 1.54) is 21.7 Å². The van der Waals surface area contributed by atoms with Crippen molar-refractivity contribution >= 4 is 11.9 Å². The molecule has 0 saturated carbocycles. The Hall–Kier alpha value is -2.74. The van der Waals surface area contributed by atoms with E-state index >= 15 is 0 Å². The number of pyridine rings is 1. The van der Waals surface area contributed by atoms with Crippen molar-refractivity contribution in [3.8, 4) is 0 Å². The number of nitrogens with zero attached hydrogens (tertiary/aromatic N) is 6. The Morgan fingerprint density at radius 2 is 1.79 bits per heavy atom. The van der Waals surface area contributed by atoms with Gasteiger partial charge >= 0.3 is 6.03 Å². The lowest BCUT2D eigenvalue weighted by molar-refractivity contribution is -0.135. The third-order valence-corrected chi connectivity index (χ3v) is 7.56. The van der Waals surface area contributed by atoms with Gasteiger partial charge in [0.1, 0.15) is 5.54 Å². The second-order valence-corrected chi connectivity index (χ2v) is 10.2. The van der Waals surface area contributed by atoms with Gasteiger partial charge in [-0.2, -0.15) is 5.10 Å². The van der Waals surface area contributed by atoms with E-state index in [4.69, 9.17) is 0 Å². The van der Waals surface area contributed by atoms with Crippen molar-refractivity contribution in [3.05, 3.63) is 47.5 Å². The Kier molecular flexibility index (Phi) is 7.36. The lowest BCUT2D eigenvalue weighted by Crippen LogP contribution is -2.56. The fourth-order valence-corrected chi connectivity index (χ4v) is 5.17. The standard InChI is InChI=1S/C26H38N6O2/c1-20(2)9-15-32-25(34)31(14-5-6-22-7-12-27-13-8-22)24(33)26(32)10-16-30(17-11-26)19-23-18-28-29(4)21(23)3/h7-8,12-13,18,20H,5-6,9-11,14-17,19H2,1-4H3. The molecule has 8 nitrogen and oxygen atoms in total. The SMILES string of the molecule is Cc1c(CN2CCC3(CC2)C(=O)N(CCCc2ccncc2)C(=O)N3CCC(C)C)cnn1C. The van der Waals surface area contributed by atoms with Gasteiger partial charge in [0.2, 0.25) is 0 Å². The van der Waals surface area contributed by atoms with Crippen molar-refractivity contribution in [1.82, 2.24) is 29.5 Å². The molecule has 184 valence electrons. The molecule has 0 aliphatic carbocycles. The van der Waals surface area contributed by atoms with Crippen LogP contribution >= 0.6 is 0 Å². The number of urea groups is 1. The summed E-state index contributed by atoms with van der Waals surface area (Å²) in [4.78, 5) is 37.1. The number of hydrogen-bond donors (Lipinski definition) is 0. The minimum absolute atomic E-state index is 0.00759. The molecule has 0 bridgehead atoms. The molecule has 2 aliphatic rings. The fourth-order valence-electron chi connectivity index (χ4n) is 5.17. The van der Waals surface area contributed by atoms with Crippen LogP contribution < -0.4 is 0 Å². The first kappa shape index (κ1) is 24.4. The number of rotatable bonds is 9. The quantitative estimate of drug-likeness (QED) is 0.530.